The van der Waals surface area contributed by atoms with Gasteiger partial charge in [0.2, 0.25) is 0 Å². The lowest BCUT2D eigenvalue weighted by molar-refractivity contribution is -0.191. The number of aryl methyl sites for hydroxylation is 1. The summed E-state index contributed by atoms with van der Waals surface area (Å²) in [7, 11) is 3.93. The van der Waals surface area contributed by atoms with Crippen LogP contribution in [-0.2, 0) is 20.9 Å². The van der Waals surface area contributed by atoms with E-state index in [0.29, 0.717) is 17.9 Å². The summed E-state index contributed by atoms with van der Waals surface area (Å²) >= 11 is 0. The molecule has 0 atom stereocenters. The number of carbonyl (C=O) groups excluding carboxylic acids is 3. The number of rotatable bonds is 6. The molecule has 0 aliphatic carbocycles. The second-order valence-electron chi connectivity index (χ2n) is 7.91. The predicted molar refractivity (Wildman–Crippen MR) is 127 cm³/mol. The van der Waals surface area contributed by atoms with E-state index >= 15 is 0 Å². The number of furan rings is 1. The number of pyridine rings is 1. The number of aromatic nitrogens is 1. The third-order valence-electron chi connectivity index (χ3n) is 5.33. The Morgan fingerprint density at radius 2 is 1.82 bits per heavy atom. The van der Waals surface area contributed by atoms with Gasteiger partial charge in [-0.25, -0.2) is 0 Å². The maximum absolute atomic E-state index is 12.0. The number of methoxy groups -OCH3 is 1. The van der Waals surface area contributed by atoms with Crippen LogP contribution in [0.2, 0.25) is 0 Å². The molecule has 1 amide bonds. The largest absolute Gasteiger partial charge is 0.449 e. The van der Waals surface area contributed by atoms with Crippen molar-refractivity contribution in [2.45, 2.75) is 13.5 Å². The molecule has 182 valence electrons. The molecule has 1 saturated heterocycles. The molecule has 1 N–H and O–H groups in total. The Morgan fingerprint density at radius 3 is 2.44 bits per heavy atom. The standard InChI is InChI=1S/C16H14N2O2.C8H18N2O.CO2/c1-11-2-4-12(5-3-11)9-18-16(19)14-8-13-6-7-17-10-15(13)20-14;1-9-3-5-10(6-4-9)7-8-11-2;2-1-3/h2-8,10H,9H2,1H3,(H,18,19);3-8H2,1-2H3;. The van der Waals surface area contributed by atoms with Gasteiger partial charge in [-0.1, -0.05) is 29.8 Å². The van der Waals surface area contributed by atoms with Gasteiger partial charge in [-0.15, -0.1) is 0 Å². The molecule has 1 fully saturated rings. The van der Waals surface area contributed by atoms with Crippen LogP contribution in [0.15, 0.2) is 53.2 Å². The molecule has 4 rings (SSSR count). The van der Waals surface area contributed by atoms with Crippen LogP contribution in [0.1, 0.15) is 21.7 Å². The number of piperazine rings is 1. The van der Waals surface area contributed by atoms with E-state index in [0.717, 1.165) is 24.1 Å². The summed E-state index contributed by atoms with van der Waals surface area (Å²) in [4.78, 5) is 37.1. The average molecular weight is 469 g/mol. The number of nitrogens with zero attached hydrogens (tertiary/aromatic N) is 3. The lowest BCUT2D eigenvalue weighted by Gasteiger charge is -2.31. The number of nitrogens with one attached hydrogen (secondary N) is 1. The van der Waals surface area contributed by atoms with Crippen molar-refractivity contribution in [1.82, 2.24) is 20.1 Å². The van der Waals surface area contributed by atoms with E-state index in [-0.39, 0.29) is 12.1 Å². The molecule has 2 aromatic heterocycles. The van der Waals surface area contributed by atoms with Gasteiger partial charge in [0.05, 0.1) is 12.8 Å². The van der Waals surface area contributed by atoms with Crippen molar-refractivity contribution in [2.24, 2.45) is 0 Å². The lowest BCUT2D eigenvalue weighted by Crippen LogP contribution is -2.45. The number of carbonyl (C=O) groups is 1. The van der Waals surface area contributed by atoms with Gasteiger partial charge < -0.3 is 19.4 Å². The maximum atomic E-state index is 12.0. The second kappa shape index (κ2) is 14.7. The fourth-order valence-corrected chi connectivity index (χ4v) is 3.26. The summed E-state index contributed by atoms with van der Waals surface area (Å²) in [5.41, 5.74) is 2.87. The second-order valence-corrected chi connectivity index (χ2v) is 7.91. The zero-order valence-electron chi connectivity index (χ0n) is 20.0. The maximum Gasteiger partial charge on any atom is 0.373 e. The van der Waals surface area contributed by atoms with E-state index in [1.165, 1.54) is 31.7 Å². The third kappa shape index (κ3) is 9.25. The molecule has 0 unspecified atom stereocenters. The zero-order chi connectivity index (χ0) is 24.8. The number of fused-ring (bicyclic) bond motifs is 1. The Kier molecular flexibility index (Phi) is 11.6. The van der Waals surface area contributed by atoms with Crippen LogP contribution in [0, 0.1) is 6.92 Å². The van der Waals surface area contributed by atoms with Gasteiger partial charge in [0.15, 0.2) is 11.3 Å². The highest BCUT2D eigenvalue weighted by Crippen LogP contribution is 2.17. The minimum Gasteiger partial charge on any atom is -0.449 e. The smallest absolute Gasteiger partial charge is 0.373 e. The van der Waals surface area contributed by atoms with Crippen LogP contribution < -0.4 is 5.32 Å². The number of hydrogen-bond acceptors (Lipinski definition) is 8. The van der Waals surface area contributed by atoms with Crippen LogP contribution >= 0.6 is 0 Å². The number of ether oxygens (including phenoxy) is 1. The van der Waals surface area contributed by atoms with Gasteiger partial charge in [0.25, 0.3) is 5.91 Å². The van der Waals surface area contributed by atoms with Crippen LogP contribution in [0.3, 0.4) is 0 Å². The van der Waals surface area contributed by atoms with Crippen molar-refractivity contribution in [3.63, 3.8) is 0 Å². The van der Waals surface area contributed by atoms with E-state index in [1.54, 1.807) is 25.6 Å². The van der Waals surface area contributed by atoms with Crippen molar-refractivity contribution in [2.75, 3.05) is 53.5 Å². The van der Waals surface area contributed by atoms with Crippen LogP contribution in [-0.4, -0.2) is 80.3 Å². The van der Waals surface area contributed by atoms with Crippen molar-refractivity contribution in [1.29, 1.82) is 0 Å². The van der Waals surface area contributed by atoms with Gasteiger partial charge >= 0.3 is 6.15 Å². The highest BCUT2D eigenvalue weighted by molar-refractivity contribution is 5.95. The minimum absolute atomic E-state index is 0.221. The molecular formula is C25H32N4O5. The van der Waals surface area contributed by atoms with Crippen molar-refractivity contribution in [3.05, 3.63) is 65.7 Å². The lowest BCUT2D eigenvalue weighted by atomic mass is 10.1. The molecule has 1 aliphatic heterocycles. The van der Waals surface area contributed by atoms with E-state index < -0.39 is 0 Å². The van der Waals surface area contributed by atoms with Gasteiger partial charge in [-0.2, -0.15) is 9.59 Å². The van der Waals surface area contributed by atoms with E-state index in [9.17, 15) is 4.79 Å². The first-order valence-corrected chi connectivity index (χ1v) is 11.0. The van der Waals surface area contributed by atoms with E-state index in [1.807, 2.05) is 37.3 Å². The van der Waals surface area contributed by atoms with E-state index in [4.69, 9.17) is 18.7 Å². The summed E-state index contributed by atoms with van der Waals surface area (Å²) < 4.78 is 10.5. The molecule has 1 aromatic carbocycles. The molecule has 3 aromatic rings. The van der Waals surface area contributed by atoms with Crippen LogP contribution in [0.25, 0.3) is 11.0 Å². The Balaban J connectivity index is 0.000000247. The predicted octanol–water partition coefficient (Wildman–Crippen LogP) is 2.36. The SMILES string of the molecule is COCCN1CCN(C)CC1.Cc1ccc(CNC(=O)c2cc3ccncc3o2)cc1.O=C=O. The van der Waals surface area contributed by atoms with Crippen molar-refractivity contribution < 1.29 is 23.5 Å². The van der Waals surface area contributed by atoms with Crippen LogP contribution in [0.4, 0.5) is 0 Å². The molecule has 34 heavy (non-hydrogen) atoms. The molecule has 3 heterocycles. The monoisotopic (exact) mass is 468 g/mol. The molecule has 1 aliphatic rings. The molecule has 0 bridgehead atoms. The van der Waals surface area contributed by atoms with E-state index in [2.05, 4.69) is 27.1 Å². The molecule has 0 spiro atoms. The number of benzene rings is 1. The summed E-state index contributed by atoms with van der Waals surface area (Å²) in [6.45, 7) is 9.25. The van der Waals surface area contributed by atoms with Gasteiger partial charge in [0, 0.05) is 58.0 Å². The molecule has 0 radical (unpaired) electrons. The number of likely N-dealkylation sites (N-methyl/N-ethyl adjacent to an activating group) is 1. The fraction of sp³-hybridized carbons (Fsp3) is 0.400. The molecule has 9 nitrogen and oxygen atoms in total. The van der Waals surface area contributed by atoms with Crippen molar-refractivity contribution >= 4 is 23.0 Å². The summed E-state index contributed by atoms with van der Waals surface area (Å²) in [6.07, 6.45) is 3.53. The number of hydrogen-bond donors (Lipinski definition) is 1. The first kappa shape index (κ1) is 26.9. The topological polar surface area (TPSA) is 105 Å². The molecule has 0 saturated carbocycles. The Labute approximate surface area is 199 Å². The molecule has 9 heteroatoms. The summed E-state index contributed by atoms with van der Waals surface area (Å²) in [5, 5.41) is 3.72. The Morgan fingerprint density at radius 1 is 1.15 bits per heavy atom. The van der Waals surface area contributed by atoms with Gasteiger partial charge in [0.1, 0.15) is 0 Å². The summed E-state index contributed by atoms with van der Waals surface area (Å²) in [6, 6.07) is 11.6. The minimum atomic E-state index is -0.221. The Hall–Kier alpha value is -3.36. The normalized spacial score (nSPS) is 13.7. The van der Waals surface area contributed by atoms with Crippen LogP contribution in [0.5, 0.6) is 0 Å². The highest BCUT2D eigenvalue weighted by Gasteiger charge is 2.13. The highest BCUT2D eigenvalue weighted by atomic mass is 16.5. The quantitative estimate of drug-likeness (QED) is 0.588. The van der Waals surface area contributed by atoms with Gasteiger partial charge in [-0.3, -0.25) is 14.7 Å². The fourth-order valence-electron chi connectivity index (χ4n) is 3.26. The number of amides is 1. The molecular weight excluding hydrogens is 436 g/mol. The van der Waals surface area contributed by atoms with Gasteiger partial charge in [-0.05, 0) is 31.7 Å². The Bertz CT molecular complexity index is 1000. The van der Waals surface area contributed by atoms with Crippen molar-refractivity contribution in [3.8, 4) is 0 Å². The first-order chi connectivity index (χ1) is 16.5. The third-order valence-corrected chi connectivity index (χ3v) is 5.33. The zero-order valence-corrected chi connectivity index (χ0v) is 20.0. The summed E-state index contributed by atoms with van der Waals surface area (Å²) in [5.74, 6) is 0.0851. The average Bonchev–Trinajstić information content (AvgIpc) is 3.29. The first-order valence-electron chi connectivity index (χ1n) is 11.0.